The van der Waals surface area contributed by atoms with E-state index in [4.69, 9.17) is 0 Å². The van der Waals surface area contributed by atoms with Gasteiger partial charge in [0.15, 0.2) is 0 Å². The molecule has 0 aliphatic rings. The summed E-state index contributed by atoms with van der Waals surface area (Å²) in [4.78, 5) is 0. The van der Waals surface area contributed by atoms with E-state index >= 15 is 0 Å². The molecule has 0 heterocycles. The second-order valence-electron chi connectivity index (χ2n) is 2.33. The van der Waals surface area contributed by atoms with Gasteiger partial charge in [-0.05, 0) is 6.92 Å². The summed E-state index contributed by atoms with van der Waals surface area (Å²) in [5.41, 5.74) is 0. The smallest absolute Gasteiger partial charge is 0 e. The molecule has 0 radical (unpaired) electrons. The molecule has 0 N–H and O–H groups in total. The predicted molar refractivity (Wildman–Crippen MR) is 59.9 cm³/mol. The Kier molecular flexibility index (Phi) is 16.0. The molecule has 0 saturated carbocycles. The van der Waals surface area contributed by atoms with E-state index in [-0.39, 0.29) is 17.1 Å². The quantitative estimate of drug-likeness (QED) is 0.363. The van der Waals surface area contributed by atoms with Crippen LogP contribution in [0, 0.1) is 0 Å². The molecule has 2 aromatic carbocycles. The molecule has 0 spiro atoms. The molecular weight excluding hydrogens is 212 g/mol. The second kappa shape index (κ2) is 14.5. The zero-order chi connectivity index (χ0) is 9.78. The predicted octanol–water partition coefficient (Wildman–Crippen LogP) is 4.00. The van der Waals surface area contributed by atoms with Crippen molar-refractivity contribution in [1.82, 2.24) is 0 Å². The van der Waals surface area contributed by atoms with Crippen LogP contribution >= 0.6 is 0 Å². The third-order valence-corrected chi connectivity index (χ3v) is 1.11. The molecule has 0 nitrogen and oxygen atoms in total. The first kappa shape index (κ1) is 15.4. The maximum atomic E-state index is 3.36. The van der Waals surface area contributed by atoms with Crippen LogP contribution in [0.15, 0.2) is 73.3 Å². The summed E-state index contributed by atoms with van der Waals surface area (Å²) < 4.78 is 0. The fourth-order valence-electron chi connectivity index (χ4n) is 0.642. The van der Waals surface area contributed by atoms with Gasteiger partial charge in [0, 0.05) is 17.1 Å². The number of allylic oxidation sites excluding steroid dienone is 1. The zero-order valence-electron chi connectivity index (χ0n) is 8.41. The van der Waals surface area contributed by atoms with Gasteiger partial charge in [-0.2, -0.15) is 18.2 Å². The van der Waals surface area contributed by atoms with Crippen molar-refractivity contribution in [2.24, 2.45) is 0 Å². The average molecular weight is 228 g/mol. The van der Waals surface area contributed by atoms with Crippen molar-refractivity contribution in [3.8, 4) is 0 Å². The number of hydrogen-bond donors (Lipinski definition) is 0. The monoisotopic (exact) mass is 228 g/mol. The minimum atomic E-state index is 0. The maximum Gasteiger partial charge on any atom is 0 e. The van der Waals surface area contributed by atoms with Crippen molar-refractivity contribution < 1.29 is 17.1 Å². The van der Waals surface area contributed by atoms with Crippen molar-refractivity contribution >= 4 is 0 Å². The molecule has 0 aliphatic carbocycles. The number of hydrogen-bond acceptors (Lipinski definition) is 0. The summed E-state index contributed by atoms with van der Waals surface area (Å²) in [6, 6.07) is 20.0. The van der Waals surface area contributed by atoms with Crippen LogP contribution in [0.4, 0.5) is 0 Å². The number of rotatable bonds is 0. The molecule has 0 unspecified atom stereocenters. The molecule has 0 bridgehead atoms. The van der Waals surface area contributed by atoms with Gasteiger partial charge in [0.25, 0.3) is 0 Å². The first-order valence-corrected chi connectivity index (χ1v) is 4.32. The van der Waals surface area contributed by atoms with Crippen LogP contribution in [-0.4, -0.2) is 0 Å². The molecule has 82 valence electrons. The Morgan fingerprint density at radius 2 is 1.21 bits per heavy atom. The van der Waals surface area contributed by atoms with Gasteiger partial charge in [0.1, 0.15) is 0 Å². The summed E-state index contributed by atoms with van der Waals surface area (Å²) >= 11 is 0. The van der Waals surface area contributed by atoms with E-state index in [1.807, 2.05) is 67.6 Å². The molecule has 0 fully saturated rings. The standard InChI is InChI=1S/2C5H5.C3H6.Fe/c2*1-2-4-5-3-1;1-3-2;/h2*1-5H;3H,1H2,2H3;/q-5;-1;;. The third-order valence-electron chi connectivity index (χ3n) is 1.11. The van der Waals surface area contributed by atoms with Crippen molar-refractivity contribution in [3.63, 3.8) is 0 Å². The molecule has 2 aromatic rings. The molecular formula is C13H16Fe-6. The third kappa shape index (κ3) is 13.5. The molecule has 0 atom stereocenters. The Balaban J connectivity index is 0. The van der Waals surface area contributed by atoms with E-state index < -0.39 is 0 Å². The summed E-state index contributed by atoms with van der Waals surface area (Å²) in [5.74, 6) is 0. The van der Waals surface area contributed by atoms with Crippen molar-refractivity contribution in [3.05, 3.63) is 73.3 Å². The first-order chi connectivity index (χ1) is 6.41. The fourth-order valence-corrected chi connectivity index (χ4v) is 0.642. The van der Waals surface area contributed by atoms with E-state index in [0.717, 1.165) is 0 Å². The molecule has 14 heavy (non-hydrogen) atoms. The summed E-state index contributed by atoms with van der Waals surface area (Å²) in [7, 11) is 0. The van der Waals surface area contributed by atoms with Crippen LogP contribution in [0.1, 0.15) is 6.92 Å². The van der Waals surface area contributed by atoms with Crippen LogP contribution in [0.25, 0.3) is 0 Å². The Labute approximate surface area is 97.5 Å². The zero-order valence-corrected chi connectivity index (χ0v) is 9.52. The van der Waals surface area contributed by atoms with Gasteiger partial charge in [-0.3, -0.25) is 0 Å². The van der Waals surface area contributed by atoms with Crippen LogP contribution in [-0.2, 0) is 17.1 Å². The van der Waals surface area contributed by atoms with Gasteiger partial charge >= 0.3 is 0 Å². The van der Waals surface area contributed by atoms with Gasteiger partial charge in [-0.15, -0.1) is 6.58 Å². The van der Waals surface area contributed by atoms with E-state index in [2.05, 4.69) is 6.58 Å². The second-order valence-corrected chi connectivity index (χ2v) is 2.33. The Hall–Kier alpha value is -1.04. The Bertz CT molecular complexity index is 180. The average Bonchev–Trinajstić information content (AvgIpc) is 2.85. The van der Waals surface area contributed by atoms with Gasteiger partial charge in [-0.1, -0.05) is 6.08 Å². The minimum Gasteiger partial charge on any atom is -0.748 e. The summed E-state index contributed by atoms with van der Waals surface area (Å²) in [5, 5.41) is 0. The van der Waals surface area contributed by atoms with Crippen LogP contribution in [0.5, 0.6) is 0 Å². The first-order valence-electron chi connectivity index (χ1n) is 4.32. The normalized spacial score (nSPS) is 6.64. The van der Waals surface area contributed by atoms with Gasteiger partial charge < -0.3 is 30.3 Å². The van der Waals surface area contributed by atoms with Crippen LogP contribution in [0.3, 0.4) is 0 Å². The van der Waals surface area contributed by atoms with Gasteiger partial charge in [-0.25, -0.2) is 12.1 Å². The summed E-state index contributed by atoms with van der Waals surface area (Å²) in [6.07, 6.45) is 1.75. The topological polar surface area (TPSA) is 0 Å². The van der Waals surface area contributed by atoms with Crippen molar-refractivity contribution in [2.45, 2.75) is 6.92 Å². The van der Waals surface area contributed by atoms with E-state index in [9.17, 15) is 0 Å². The minimum absolute atomic E-state index is 0. The summed E-state index contributed by atoms with van der Waals surface area (Å²) in [6.45, 7) is 5.25. The van der Waals surface area contributed by atoms with Crippen molar-refractivity contribution in [1.29, 1.82) is 0 Å². The van der Waals surface area contributed by atoms with Crippen LogP contribution < -0.4 is 0 Å². The molecule has 0 aromatic heterocycles. The van der Waals surface area contributed by atoms with Crippen LogP contribution in [0.2, 0.25) is 0 Å². The van der Waals surface area contributed by atoms with Crippen molar-refractivity contribution in [2.75, 3.05) is 0 Å². The fraction of sp³-hybridized carbons (Fsp3) is 0.0769. The van der Waals surface area contributed by atoms with Gasteiger partial charge in [0.05, 0.1) is 0 Å². The van der Waals surface area contributed by atoms with E-state index in [1.54, 1.807) is 6.08 Å². The largest absolute Gasteiger partial charge is 0.748 e. The molecule has 1 heteroatoms. The Morgan fingerprint density at radius 3 is 1.36 bits per heavy atom. The van der Waals surface area contributed by atoms with Gasteiger partial charge in [0.2, 0.25) is 0 Å². The Morgan fingerprint density at radius 1 is 0.929 bits per heavy atom. The van der Waals surface area contributed by atoms with E-state index in [1.165, 1.54) is 0 Å². The SMILES string of the molecule is C=CC.[Fe].[cH-]1[cH-][cH-][cH-][cH-]1.c1cc[cH-]c1. The molecule has 2 rings (SSSR count). The van der Waals surface area contributed by atoms with E-state index in [0.29, 0.717) is 0 Å². The molecule has 0 amide bonds. The molecule has 0 saturated heterocycles. The molecule has 0 aliphatic heterocycles. The maximum absolute atomic E-state index is 3.36.